The van der Waals surface area contributed by atoms with E-state index >= 15 is 0 Å². The van der Waals surface area contributed by atoms with Gasteiger partial charge in [0.05, 0.1) is 19.5 Å². The first kappa shape index (κ1) is 66.5. The Morgan fingerprint density at radius 3 is 2.12 bits per heavy atom. The molecule has 1 saturated heterocycles. The van der Waals surface area contributed by atoms with E-state index in [0.29, 0.717) is 6.54 Å². The first-order chi connectivity index (χ1) is 31.2. The second kappa shape index (κ2) is 33.3. The molecule has 0 spiro atoms. The van der Waals surface area contributed by atoms with E-state index in [1.807, 2.05) is 0 Å². The number of carbonyl (C=O) groups excluding carboxylic acids is 2. The number of allylic oxidation sites excluding steroid dienone is 2. The Hall–Kier alpha value is -2.49. The van der Waals surface area contributed by atoms with Gasteiger partial charge in [-0.15, -0.1) is 0 Å². The molecule has 0 radical (unpaired) electrons. The van der Waals surface area contributed by atoms with Gasteiger partial charge in [-0.2, -0.15) is 11.8 Å². The lowest BCUT2D eigenvalue weighted by Gasteiger charge is -2.35. The fourth-order valence-corrected chi connectivity index (χ4v) is 10.3. The molecule has 1 aliphatic rings. The number of ether oxygens (including phenoxy) is 1. The molecule has 2 aromatic heterocycles. The van der Waals surface area contributed by atoms with E-state index in [4.69, 9.17) is 10.5 Å². The minimum Gasteiger partial charge on any atom is -0.756 e. The summed E-state index contributed by atoms with van der Waals surface area (Å²) in [6.45, 7) is 2.85. The maximum absolute atomic E-state index is 12.6. The number of unbranched alkanes of at least 4 members (excludes halogenated alkanes) is 12. The summed E-state index contributed by atoms with van der Waals surface area (Å²) < 4.78 is 61.2. The van der Waals surface area contributed by atoms with Crippen LogP contribution in [0, 0.1) is 5.41 Å². The summed E-state index contributed by atoms with van der Waals surface area (Å²) in [6, 6.07) is 0. The zero-order chi connectivity index (χ0) is 48.8. The topological polar surface area (TPSA) is 465 Å². The number of aliphatic hydroxyl groups excluding tert-OH is 2. The molecule has 3 heterocycles. The van der Waals surface area contributed by atoms with E-state index < -0.39 is 78.6 Å². The van der Waals surface area contributed by atoms with Gasteiger partial charge in [0.1, 0.15) is 36.3 Å². The highest BCUT2D eigenvalue weighted by atomic mass is 32.2. The second-order valence-electron chi connectivity index (χ2n) is 16.6. The fourth-order valence-electron chi connectivity index (χ4n) is 6.74. The monoisotopic (exact) mass is 1070 g/mol. The molecular formula is C39H79N10O16P3S. The number of carbonyl (C=O) groups is 2. The standard InChI is InChI=1S/C39H70N7O16P3S.3H3N/c1-4-5-6-7-8-9-10-11-12-13-14-15-16-17-18-19-23-66-24-22-41-30(47)20-21-42-37(50)34(49)39(2,3)26-59-65(56,57)62-64(54,55)58-25-29-33(61-63(51,52)53)32(48)38(60-29)46-28-45-31-35(40)43-27-44-36(31)46;;;/h11-12,27-29,32-34,38,48-49H,4-10,13-26H2,1-3H3,(H,41,47)(H,42,50)(H,54,55)(H,56,57)(H2,40,43,44)(H2,51,52,53);3*1H3/b12-11-;;;/t29-,32-,33-,34+,38-;;;/m1.../s1. The molecule has 3 unspecified atom stereocenters. The van der Waals surface area contributed by atoms with Crippen LogP contribution in [0.2, 0.25) is 0 Å². The van der Waals surface area contributed by atoms with Crippen molar-refractivity contribution in [3.05, 3.63) is 24.8 Å². The maximum atomic E-state index is 12.6. The molecule has 2 amide bonds. The number of aliphatic hydroxyl groups is 2. The first-order valence-corrected chi connectivity index (χ1v) is 27.8. The predicted molar refractivity (Wildman–Crippen MR) is 258 cm³/mol. The number of anilines is 1. The molecule has 30 heteroatoms. The number of rotatable bonds is 35. The van der Waals surface area contributed by atoms with E-state index in [1.54, 1.807) is 11.8 Å². The van der Waals surface area contributed by atoms with Gasteiger partial charge >= 0.3 is 0 Å². The summed E-state index contributed by atoms with van der Waals surface area (Å²) in [5.74, 6) is 0.410. The van der Waals surface area contributed by atoms with Gasteiger partial charge in [0.2, 0.25) is 11.8 Å². The highest BCUT2D eigenvalue weighted by Gasteiger charge is 2.48. The number of quaternary nitrogens is 3. The highest BCUT2D eigenvalue weighted by molar-refractivity contribution is 7.99. The zero-order valence-corrected chi connectivity index (χ0v) is 44.3. The Balaban J connectivity index is 0.0000154. The van der Waals surface area contributed by atoms with E-state index in [-0.39, 0.29) is 54.3 Å². The largest absolute Gasteiger partial charge is 0.756 e. The molecule has 19 N–H and O–H groups in total. The molecule has 2 aromatic rings. The molecule has 0 bridgehead atoms. The summed E-state index contributed by atoms with van der Waals surface area (Å²) in [6.07, 6.45) is 15.1. The molecule has 0 aliphatic carbocycles. The Morgan fingerprint density at radius 1 is 0.899 bits per heavy atom. The maximum Gasteiger partial charge on any atom is 0.274 e. The van der Waals surface area contributed by atoms with Crippen LogP contribution in [-0.2, 0) is 45.9 Å². The smallest absolute Gasteiger partial charge is 0.274 e. The van der Waals surface area contributed by atoms with E-state index in [0.717, 1.165) is 41.6 Å². The van der Waals surface area contributed by atoms with E-state index in [9.17, 15) is 53.1 Å². The SMILES string of the molecule is CCCCCCCC/C=C\CCCCCCCCSCCNC(=O)CCNC(=O)[C@H](O)C(C)(C)COP(=O)([O-])OP(=O)([O-])OC[C@H]1O[C@@H](n2cnc3c(N)ncnc32)[C@H](O)[C@@H]1OP(=O)([O-])O.[NH4+].[NH4+].[NH4+]. The summed E-state index contributed by atoms with van der Waals surface area (Å²) in [4.78, 5) is 82.6. The molecule has 1 aliphatic heterocycles. The number of nitrogens with zero attached hydrogens (tertiary/aromatic N) is 4. The van der Waals surface area contributed by atoms with Gasteiger partial charge in [0, 0.05) is 30.7 Å². The lowest BCUT2D eigenvalue weighted by molar-refractivity contribution is -0.247. The molecular weight excluding hydrogens is 989 g/mol. The summed E-state index contributed by atoms with van der Waals surface area (Å²) >= 11 is 1.75. The number of nitrogen functional groups attached to an aromatic ring is 1. The van der Waals surface area contributed by atoms with Crippen LogP contribution in [0.4, 0.5) is 5.82 Å². The van der Waals surface area contributed by atoms with Gasteiger partial charge < -0.3 is 82.9 Å². The van der Waals surface area contributed by atoms with Crippen molar-refractivity contribution in [1.82, 2.24) is 48.6 Å². The number of hydrogen-bond donors (Lipinski definition) is 9. The number of nitrogens with two attached hydrogens (primary N) is 1. The third kappa shape index (κ3) is 25.1. The number of thioether (sulfide) groups is 1. The van der Waals surface area contributed by atoms with Crippen LogP contribution in [-0.4, -0.2) is 109 Å². The third-order valence-corrected chi connectivity index (χ3v) is 14.5. The van der Waals surface area contributed by atoms with Crippen molar-refractivity contribution >= 4 is 64.0 Å². The Labute approximate surface area is 408 Å². The predicted octanol–water partition coefficient (Wildman–Crippen LogP) is 4.41. The number of phosphoric ester groups is 3. The van der Waals surface area contributed by atoms with Gasteiger partial charge in [0.15, 0.2) is 17.7 Å². The number of aromatic nitrogens is 4. The van der Waals surface area contributed by atoms with Gasteiger partial charge in [0.25, 0.3) is 23.5 Å². The molecule has 26 nitrogen and oxygen atoms in total. The van der Waals surface area contributed by atoms with Crippen LogP contribution in [0.25, 0.3) is 11.2 Å². The number of hydrogen-bond acceptors (Lipinski definition) is 20. The summed E-state index contributed by atoms with van der Waals surface area (Å²) in [5, 5.41) is 26.6. The van der Waals surface area contributed by atoms with Crippen LogP contribution < -0.4 is 49.5 Å². The highest BCUT2D eigenvalue weighted by Crippen LogP contribution is 2.56. The summed E-state index contributed by atoms with van der Waals surface area (Å²) in [5.41, 5.74) is 4.19. The average Bonchev–Trinajstić information content (AvgIpc) is 3.81. The van der Waals surface area contributed by atoms with Gasteiger partial charge in [-0.25, -0.2) is 19.3 Å². The van der Waals surface area contributed by atoms with Gasteiger partial charge in [-0.3, -0.25) is 27.9 Å². The molecule has 0 aromatic carbocycles. The molecule has 0 saturated carbocycles. The number of imidazole rings is 1. The Bertz CT molecular complexity index is 1970. The fraction of sp³-hybridized carbons (Fsp3) is 0.769. The number of fused-ring (bicyclic) bond motifs is 1. The van der Waals surface area contributed by atoms with Crippen molar-refractivity contribution < 1.29 is 75.7 Å². The van der Waals surface area contributed by atoms with Crippen molar-refractivity contribution in [2.75, 3.05) is 43.5 Å². The van der Waals surface area contributed by atoms with E-state index in [2.05, 4.69) is 62.5 Å². The van der Waals surface area contributed by atoms with Crippen LogP contribution >= 0.6 is 35.2 Å². The van der Waals surface area contributed by atoms with Crippen molar-refractivity contribution in [2.24, 2.45) is 5.41 Å². The van der Waals surface area contributed by atoms with Crippen LogP contribution in [0.3, 0.4) is 0 Å². The minimum absolute atomic E-state index is 0. The number of nitrogens with one attached hydrogen (secondary N) is 2. The van der Waals surface area contributed by atoms with Gasteiger partial charge in [-0.05, 0) is 37.9 Å². The molecule has 3 rings (SSSR count). The van der Waals surface area contributed by atoms with Crippen molar-refractivity contribution in [1.29, 1.82) is 0 Å². The van der Waals surface area contributed by atoms with Crippen LogP contribution in [0.1, 0.15) is 123 Å². The molecule has 402 valence electrons. The van der Waals surface area contributed by atoms with Gasteiger partial charge in [-0.1, -0.05) is 90.7 Å². The lowest BCUT2D eigenvalue weighted by atomic mass is 9.87. The van der Waals surface area contributed by atoms with Crippen molar-refractivity contribution in [3.8, 4) is 0 Å². The van der Waals surface area contributed by atoms with Crippen molar-refractivity contribution in [3.63, 3.8) is 0 Å². The van der Waals surface area contributed by atoms with Crippen LogP contribution in [0.5, 0.6) is 0 Å². The first-order valence-electron chi connectivity index (χ1n) is 22.2. The number of phosphoric acid groups is 3. The van der Waals surface area contributed by atoms with E-state index in [1.165, 1.54) is 90.9 Å². The number of amides is 2. The normalized spacial score (nSPS) is 20.2. The van der Waals surface area contributed by atoms with Crippen molar-refractivity contribution in [2.45, 2.75) is 148 Å². The third-order valence-electron chi connectivity index (χ3n) is 10.4. The minimum atomic E-state index is -5.88. The molecule has 69 heavy (non-hydrogen) atoms. The molecule has 1 fully saturated rings. The lowest BCUT2D eigenvalue weighted by Crippen LogP contribution is -2.46. The Kier molecular flexibility index (Phi) is 32.1. The average molecular weight is 1070 g/mol. The quantitative estimate of drug-likeness (QED) is 0.0262. The summed E-state index contributed by atoms with van der Waals surface area (Å²) in [7, 11) is -17.3. The Morgan fingerprint density at radius 2 is 1.49 bits per heavy atom. The molecule has 8 atom stereocenters. The second-order valence-corrected chi connectivity index (χ2v) is 21.9. The zero-order valence-electron chi connectivity index (χ0n) is 40.8. The van der Waals surface area contributed by atoms with Crippen LogP contribution in [0.15, 0.2) is 24.8 Å².